The Labute approximate surface area is 127 Å². The van der Waals surface area contributed by atoms with Crippen LogP contribution in [0.2, 0.25) is 0 Å². The Morgan fingerprint density at radius 1 is 1.29 bits per heavy atom. The summed E-state index contributed by atoms with van der Waals surface area (Å²) in [6, 6.07) is 7.32. The number of thiazole rings is 1. The summed E-state index contributed by atoms with van der Waals surface area (Å²) in [5.41, 5.74) is 6.26. The van der Waals surface area contributed by atoms with Crippen molar-refractivity contribution in [1.82, 2.24) is 10.4 Å². The van der Waals surface area contributed by atoms with Crippen LogP contribution < -0.4 is 20.3 Å². The summed E-state index contributed by atoms with van der Waals surface area (Å²) in [5.74, 6) is 1.24. The van der Waals surface area contributed by atoms with Crippen LogP contribution in [0.5, 0.6) is 11.5 Å². The summed E-state index contributed by atoms with van der Waals surface area (Å²) in [6.45, 7) is 0.245. The monoisotopic (exact) mass is 319 g/mol. The second-order valence-electron chi connectivity index (χ2n) is 4.25. The minimum absolute atomic E-state index is 0.182. The van der Waals surface area contributed by atoms with Gasteiger partial charge in [-0.05, 0) is 11.4 Å². The van der Waals surface area contributed by atoms with Crippen molar-refractivity contribution in [3.8, 4) is 11.5 Å². The highest BCUT2D eigenvalue weighted by Gasteiger charge is 2.16. The molecular formula is C13H9N3O3S2. The third kappa shape index (κ3) is 2.28. The first-order valence-electron chi connectivity index (χ1n) is 6.10. The summed E-state index contributed by atoms with van der Waals surface area (Å²) < 4.78 is 11.6. The molecule has 1 aromatic carbocycles. The fourth-order valence-corrected chi connectivity index (χ4v) is 3.40. The van der Waals surface area contributed by atoms with E-state index < -0.39 is 0 Å². The van der Waals surface area contributed by atoms with Gasteiger partial charge in [-0.3, -0.25) is 15.6 Å². The Kier molecular flexibility index (Phi) is 2.90. The maximum Gasteiger partial charge on any atom is 0.279 e. The van der Waals surface area contributed by atoms with E-state index in [9.17, 15) is 4.79 Å². The maximum absolute atomic E-state index is 11.8. The molecule has 3 heterocycles. The first-order valence-corrected chi connectivity index (χ1v) is 7.79. The fraction of sp³-hybridized carbons (Fsp3) is 0.0769. The van der Waals surface area contributed by atoms with Crippen molar-refractivity contribution in [2.24, 2.45) is 0 Å². The second kappa shape index (κ2) is 4.90. The van der Waals surface area contributed by atoms with Gasteiger partial charge in [0.05, 0.1) is 15.1 Å². The minimum Gasteiger partial charge on any atom is -0.454 e. The first-order chi connectivity index (χ1) is 10.3. The van der Waals surface area contributed by atoms with E-state index in [0.717, 1.165) is 16.0 Å². The number of nitrogens with one attached hydrogen (secondary N) is 2. The molecule has 1 aliphatic rings. The lowest BCUT2D eigenvalue weighted by Crippen LogP contribution is -2.28. The predicted octanol–water partition coefficient (Wildman–Crippen LogP) is 2.84. The number of hydrogen-bond donors (Lipinski definition) is 2. The van der Waals surface area contributed by atoms with Gasteiger partial charge in [0.2, 0.25) is 11.9 Å². The first kappa shape index (κ1) is 12.4. The topological polar surface area (TPSA) is 72.5 Å². The van der Waals surface area contributed by atoms with Gasteiger partial charge in [0, 0.05) is 12.1 Å². The number of benzene rings is 1. The highest BCUT2D eigenvalue weighted by Crippen LogP contribution is 2.38. The maximum atomic E-state index is 11.8. The molecule has 2 N–H and O–H groups in total. The number of rotatable bonds is 3. The molecule has 0 bridgehead atoms. The smallest absolute Gasteiger partial charge is 0.279 e. The number of ether oxygens (including phenoxy) is 2. The lowest BCUT2D eigenvalue weighted by atomic mass is 10.3. The number of anilines is 1. The molecule has 21 heavy (non-hydrogen) atoms. The van der Waals surface area contributed by atoms with Crippen molar-refractivity contribution in [3.63, 3.8) is 0 Å². The Balaban J connectivity index is 1.53. The van der Waals surface area contributed by atoms with Gasteiger partial charge in [-0.15, -0.1) is 11.3 Å². The molecule has 2 aromatic heterocycles. The van der Waals surface area contributed by atoms with E-state index in [0.29, 0.717) is 15.8 Å². The van der Waals surface area contributed by atoms with Crippen LogP contribution in [-0.4, -0.2) is 17.7 Å². The fourth-order valence-electron chi connectivity index (χ4n) is 1.95. The Morgan fingerprint density at radius 3 is 2.95 bits per heavy atom. The molecule has 8 heteroatoms. The Hall–Kier alpha value is -2.32. The molecule has 6 nitrogen and oxygen atoms in total. The zero-order chi connectivity index (χ0) is 14.2. The molecule has 0 atom stereocenters. The van der Waals surface area contributed by atoms with Gasteiger partial charge < -0.3 is 9.47 Å². The molecular weight excluding hydrogens is 310 g/mol. The Morgan fingerprint density at radius 2 is 2.14 bits per heavy atom. The average molecular weight is 319 g/mol. The van der Waals surface area contributed by atoms with Gasteiger partial charge in [-0.25, -0.2) is 4.98 Å². The van der Waals surface area contributed by atoms with Gasteiger partial charge in [-0.1, -0.05) is 17.4 Å². The molecule has 0 unspecified atom stereocenters. The molecule has 0 radical (unpaired) electrons. The molecule has 1 amide bonds. The molecule has 0 spiro atoms. The van der Waals surface area contributed by atoms with E-state index in [1.807, 2.05) is 23.6 Å². The summed E-state index contributed by atoms with van der Waals surface area (Å²) in [7, 11) is 0. The van der Waals surface area contributed by atoms with Crippen LogP contribution in [0.1, 0.15) is 9.67 Å². The molecule has 3 aromatic rings. The summed E-state index contributed by atoms with van der Waals surface area (Å²) >= 11 is 2.82. The third-order valence-corrected chi connectivity index (χ3v) is 4.71. The van der Waals surface area contributed by atoms with E-state index in [2.05, 4.69) is 15.8 Å². The number of aromatic nitrogens is 1. The van der Waals surface area contributed by atoms with Gasteiger partial charge in [0.1, 0.15) is 0 Å². The average Bonchev–Trinajstić information content (AvgIpc) is 3.20. The van der Waals surface area contributed by atoms with Crippen molar-refractivity contribution in [2.45, 2.75) is 0 Å². The number of hydrogen-bond acceptors (Lipinski definition) is 7. The van der Waals surface area contributed by atoms with Gasteiger partial charge in [0.25, 0.3) is 5.91 Å². The highest BCUT2D eigenvalue weighted by atomic mass is 32.1. The van der Waals surface area contributed by atoms with Gasteiger partial charge >= 0.3 is 0 Å². The van der Waals surface area contributed by atoms with Crippen LogP contribution in [0, 0.1) is 0 Å². The van der Waals surface area contributed by atoms with Crippen molar-refractivity contribution in [3.05, 3.63) is 34.5 Å². The number of amides is 1. The largest absolute Gasteiger partial charge is 0.454 e. The van der Waals surface area contributed by atoms with Gasteiger partial charge in [-0.2, -0.15) is 0 Å². The molecule has 0 saturated heterocycles. The highest BCUT2D eigenvalue weighted by molar-refractivity contribution is 7.22. The van der Waals surface area contributed by atoms with E-state index in [1.54, 1.807) is 6.07 Å². The number of hydrazine groups is 1. The van der Waals surface area contributed by atoms with Crippen LogP contribution in [0.15, 0.2) is 29.6 Å². The normalized spacial score (nSPS) is 12.6. The number of thiophene rings is 1. The number of carbonyl (C=O) groups is 1. The molecule has 106 valence electrons. The van der Waals surface area contributed by atoms with E-state index in [-0.39, 0.29) is 12.7 Å². The molecule has 0 fully saturated rings. The van der Waals surface area contributed by atoms with Crippen LogP contribution in [-0.2, 0) is 0 Å². The molecule has 1 aliphatic heterocycles. The van der Waals surface area contributed by atoms with Crippen LogP contribution >= 0.6 is 22.7 Å². The lowest BCUT2D eigenvalue weighted by Gasteiger charge is -2.02. The SMILES string of the molecule is O=C(NNc1nc2cc3c(cc2s1)OCO3)c1cccs1. The van der Waals surface area contributed by atoms with Crippen molar-refractivity contribution in [2.75, 3.05) is 12.2 Å². The van der Waals surface area contributed by atoms with Crippen molar-refractivity contribution < 1.29 is 14.3 Å². The van der Waals surface area contributed by atoms with E-state index in [1.165, 1.54) is 22.7 Å². The summed E-state index contributed by atoms with van der Waals surface area (Å²) in [4.78, 5) is 16.9. The quantitative estimate of drug-likeness (QED) is 0.726. The molecule has 0 aliphatic carbocycles. The van der Waals surface area contributed by atoms with Crippen LogP contribution in [0.3, 0.4) is 0 Å². The standard InChI is InChI=1S/C13H9N3O3S2/c17-12(10-2-1-3-20-10)15-16-13-14-7-4-8-9(19-6-18-8)5-11(7)21-13/h1-5H,6H2,(H,14,16)(H,15,17). The molecule has 0 saturated carbocycles. The number of fused-ring (bicyclic) bond motifs is 2. The number of nitrogens with zero attached hydrogens (tertiary/aromatic N) is 1. The third-order valence-electron chi connectivity index (χ3n) is 2.91. The van der Waals surface area contributed by atoms with Gasteiger partial charge in [0.15, 0.2) is 11.5 Å². The second-order valence-corrected chi connectivity index (χ2v) is 6.23. The summed E-state index contributed by atoms with van der Waals surface area (Å²) in [5, 5.41) is 2.47. The zero-order valence-electron chi connectivity index (χ0n) is 10.6. The van der Waals surface area contributed by atoms with Crippen molar-refractivity contribution >= 4 is 43.9 Å². The molecule has 4 rings (SSSR count). The van der Waals surface area contributed by atoms with E-state index >= 15 is 0 Å². The lowest BCUT2D eigenvalue weighted by molar-refractivity contribution is 0.0966. The minimum atomic E-state index is -0.182. The number of carbonyl (C=O) groups excluding carboxylic acids is 1. The zero-order valence-corrected chi connectivity index (χ0v) is 12.2. The Bertz CT molecular complexity index is 773. The predicted molar refractivity (Wildman–Crippen MR) is 81.2 cm³/mol. The van der Waals surface area contributed by atoms with E-state index in [4.69, 9.17) is 9.47 Å². The summed E-state index contributed by atoms with van der Waals surface area (Å²) in [6.07, 6.45) is 0. The van der Waals surface area contributed by atoms with Crippen LogP contribution in [0.25, 0.3) is 10.2 Å². The van der Waals surface area contributed by atoms with Crippen molar-refractivity contribution in [1.29, 1.82) is 0 Å². The van der Waals surface area contributed by atoms with Crippen LogP contribution in [0.4, 0.5) is 5.13 Å².